The standard InChI is InChI=1S/C15H16.C12H24.C9H12/c1-12-6-8-14(9-7-12)11-15-5-3-4-13(2)10-15;1-6-12(5)8-10(2)7-11(3,4)9-12;1-7-4-5-8(2)9(3)6-7/h3-10H,11H2,1-2H3;10H,6-9H2,1-5H3;4-6H,1-3H3. The van der Waals surface area contributed by atoms with E-state index in [0.717, 1.165) is 12.3 Å². The topological polar surface area (TPSA) is 0 Å². The Kier molecular flexibility index (Phi) is 11.0. The monoisotopic (exact) mass is 484 g/mol. The lowest BCUT2D eigenvalue weighted by atomic mass is 9.60. The van der Waals surface area contributed by atoms with E-state index in [0.29, 0.717) is 10.8 Å². The zero-order valence-electron chi connectivity index (χ0n) is 25.0. The average molecular weight is 485 g/mol. The predicted molar refractivity (Wildman–Crippen MR) is 161 cm³/mol. The van der Waals surface area contributed by atoms with Crippen molar-refractivity contribution in [3.8, 4) is 0 Å². The molecule has 2 unspecified atom stereocenters. The molecule has 0 radical (unpaired) electrons. The SMILES string of the molecule is CCC1(C)CC(C)CC(C)(C)C1.Cc1ccc(C)c(C)c1.Cc1ccc(Cc2cccc(C)c2)cc1. The first-order chi connectivity index (χ1) is 16.8. The van der Waals surface area contributed by atoms with Gasteiger partial charge in [0.25, 0.3) is 0 Å². The molecule has 196 valence electrons. The van der Waals surface area contributed by atoms with E-state index in [2.05, 4.69) is 136 Å². The maximum Gasteiger partial charge on any atom is -0.00257 e. The van der Waals surface area contributed by atoms with Gasteiger partial charge in [0.2, 0.25) is 0 Å². The summed E-state index contributed by atoms with van der Waals surface area (Å²) in [6.07, 6.45) is 6.65. The van der Waals surface area contributed by atoms with Crippen LogP contribution in [0.2, 0.25) is 0 Å². The van der Waals surface area contributed by atoms with Gasteiger partial charge in [0, 0.05) is 0 Å². The third-order valence-electron chi connectivity index (χ3n) is 7.77. The van der Waals surface area contributed by atoms with Crippen molar-refractivity contribution >= 4 is 0 Å². The molecule has 1 saturated carbocycles. The lowest BCUT2D eigenvalue weighted by Crippen LogP contribution is -2.34. The molecule has 0 heterocycles. The maximum absolute atomic E-state index is 2.46. The predicted octanol–water partition coefficient (Wildman–Crippen LogP) is 10.8. The highest BCUT2D eigenvalue weighted by molar-refractivity contribution is 5.30. The Morgan fingerprint density at radius 2 is 1.28 bits per heavy atom. The summed E-state index contributed by atoms with van der Waals surface area (Å²) in [5.41, 5.74) is 10.7. The molecule has 1 aliphatic carbocycles. The van der Waals surface area contributed by atoms with Gasteiger partial charge in [0.1, 0.15) is 0 Å². The van der Waals surface area contributed by atoms with E-state index in [4.69, 9.17) is 0 Å². The molecule has 0 bridgehead atoms. The smallest absolute Gasteiger partial charge is 0.00257 e. The van der Waals surface area contributed by atoms with Gasteiger partial charge in [-0.2, -0.15) is 0 Å². The van der Waals surface area contributed by atoms with Crippen molar-refractivity contribution in [3.05, 3.63) is 106 Å². The highest BCUT2D eigenvalue weighted by Gasteiger charge is 2.38. The van der Waals surface area contributed by atoms with E-state index in [1.54, 1.807) is 0 Å². The van der Waals surface area contributed by atoms with Crippen molar-refractivity contribution in [3.63, 3.8) is 0 Å². The zero-order chi connectivity index (χ0) is 26.9. The molecule has 3 aromatic carbocycles. The van der Waals surface area contributed by atoms with E-state index < -0.39 is 0 Å². The molecule has 4 rings (SSSR count). The number of rotatable bonds is 3. The number of hydrogen-bond acceptors (Lipinski definition) is 0. The minimum Gasteiger partial charge on any atom is -0.0649 e. The lowest BCUT2D eigenvalue weighted by molar-refractivity contribution is 0.0582. The van der Waals surface area contributed by atoms with Crippen LogP contribution in [0.15, 0.2) is 66.7 Å². The van der Waals surface area contributed by atoms with Gasteiger partial charge in [-0.1, -0.05) is 124 Å². The van der Waals surface area contributed by atoms with Gasteiger partial charge in [-0.15, -0.1) is 0 Å². The largest absolute Gasteiger partial charge is 0.0649 e. The normalized spacial score (nSPS) is 20.4. The van der Waals surface area contributed by atoms with Crippen molar-refractivity contribution in [2.75, 3.05) is 0 Å². The van der Waals surface area contributed by atoms with Crippen molar-refractivity contribution in [2.24, 2.45) is 16.7 Å². The number of hydrogen-bond donors (Lipinski definition) is 0. The molecule has 0 aliphatic heterocycles. The molecule has 1 fully saturated rings. The van der Waals surface area contributed by atoms with Crippen LogP contribution in [0.3, 0.4) is 0 Å². The third kappa shape index (κ3) is 10.3. The Balaban J connectivity index is 0.000000197. The zero-order valence-corrected chi connectivity index (χ0v) is 25.0. The molecule has 0 amide bonds. The summed E-state index contributed by atoms with van der Waals surface area (Å²) in [5.74, 6) is 0.929. The van der Waals surface area contributed by atoms with Crippen molar-refractivity contribution in [1.82, 2.24) is 0 Å². The second-order valence-electron chi connectivity index (χ2n) is 12.8. The summed E-state index contributed by atoms with van der Waals surface area (Å²) in [6, 6.07) is 24.0. The van der Waals surface area contributed by atoms with Gasteiger partial charge in [-0.25, -0.2) is 0 Å². The highest BCUT2D eigenvalue weighted by atomic mass is 14.4. The van der Waals surface area contributed by atoms with Gasteiger partial charge in [0.05, 0.1) is 0 Å². The minimum atomic E-state index is 0.586. The van der Waals surface area contributed by atoms with Gasteiger partial charge in [0.15, 0.2) is 0 Å². The molecule has 0 nitrogen and oxygen atoms in total. The maximum atomic E-state index is 2.46. The Labute approximate surface area is 223 Å². The third-order valence-corrected chi connectivity index (χ3v) is 7.77. The molecule has 0 heteroatoms. The van der Waals surface area contributed by atoms with E-state index in [1.807, 2.05) is 0 Å². The van der Waals surface area contributed by atoms with Crippen LogP contribution in [0.1, 0.15) is 99.2 Å². The Morgan fingerprint density at radius 1 is 0.667 bits per heavy atom. The molecule has 36 heavy (non-hydrogen) atoms. The van der Waals surface area contributed by atoms with Crippen LogP contribution in [0.25, 0.3) is 0 Å². The summed E-state index contributed by atoms with van der Waals surface area (Å²) >= 11 is 0. The van der Waals surface area contributed by atoms with Crippen LogP contribution in [0.4, 0.5) is 0 Å². The Morgan fingerprint density at radius 3 is 1.81 bits per heavy atom. The Hall–Kier alpha value is -2.34. The molecular formula is C36H52. The quantitative estimate of drug-likeness (QED) is 0.347. The molecule has 0 saturated heterocycles. The average Bonchev–Trinajstić information content (AvgIpc) is 2.77. The van der Waals surface area contributed by atoms with Gasteiger partial charge < -0.3 is 0 Å². The second-order valence-corrected chi connectivity index (χ2v) is 12.8. The summed E-state index contributed by atoms with van der Waals surface area (Å²) in [6.45, 7) is 22.7. The highest BCUT2D eigenvalue weighted by Crippen LogP contribution is 2.49. The molecule has 0 N–H and O–H groups in total. The van der Waals surface area contributed by atoms with Crippen LogP contribution < -0.4 is 0 Å². The van der Waals surface area contributed by atoms with Crippen LogP contribution in [-0.2, 0) is 6.42 Å². The molecule has 3 aromatic rings. The molecule has 0 spiro atoms. The first-order valence-corrected chi connectivity index (χ1v) is 14.0. The minimum absolute atomic E-state index is 0.586. The first-order valence-electron chi connectivity index (χ1n) is 14.0. The molecular weight excluding hydrogens is 432 g/mol. The summed E-state index contributed by atoms with van der Waals surface area (Å²) in [5, 5.41) is 0. The lowest BCUT2D eigenvalue weighted by Gasteiger charge is -2.45. The first kappa shape index (κ1) is 29.9. The van der Waals surface area contributed by atoms with Crippen LogP contribution in [0.5, 0.6) is 0 Å². The molecule has 0 aromatic heterocycles. The number of aryl methyl sites for hydroxylation is 5. The fourth-order valence-electron chi connectivity index (χ4n) is 6.08. The fraction of sp³-hybridized carbons (Fsp3) is 0.500. The van der Waals surface area contributed by atoms with Crippen LogP contribution >= 0.6 is 0 Å². The summed E-state index contributed by atoms with van der Waals surface area (Å²) in [7, 11) is 0. The van der Waals surface area contributed by atoms with Crippen molar-refractivity contribution < 1.29 is 0 Å². The fourth-order valence-corrected chi connectivity index (χ4v) is 6.08. The number of benzene rings is 3. The van der Waals surface area contributed by atoms with E-state index in [-0.39, 0.29) is 0 Å². The molecule has 2 atom stereocenters. The van der Waals surface area contributed by atoms with Gasteiger partial charge in [-0.05, 0) is 99.3 Å². The van der Waals surface area contributed by atoms with E-state index in [1.165, 1.54) is 64.6 Å². The second kappa shape index (κ2) is 13.3. The Bertz CT molecular complexity index is 1070. The van der Waals surface area contributed by atoms with Gasteiger partial charge in [-0.3, -0.25) is 0 Å². The van der Waals surface area contributed by atoms with Gasteiger partial charge >= 0.3 is 0 Å². The van der Waals surface area contributed by atoms with Crippen molar-refractivity contribution in [2.45, 2.75) is 101 Å². The van der Waals surface area contributed by atoms with E-state index >= 15 is 0 Å². The van der Waals surface area contributed by atoms with Crippen molar-refractivity contribution in [1.29, 1.82) is 0 Å². The molecule has 1 aliphatic rings. The summed E-state index contributed by atoms with van der Waals surface area (Å²) in [4.78, 5) is 0. The summed E-state index contributed by atoms with van der Waals surface area (Å²) < 4.78 is 0. The van der Waals surface area contributed by atoms with Crippen LogP contribution in [-0.4, -0.2) is 0 Å². The van der Waals surface area contributed by atoms with Crippen LogP contribution in [0, 0.1) is 51.4 Å². The van der Waals surface area contributed by atoms with E-state index in [9.17, 15) is 0 Å².